The average molecular weight is 193 g/mol. The molecule has 0 spiro atoms. The summed E-state index contributed by atoms with van der Waals surface area (Å²) in [6, 6.07) is 0. The first kappa shape index (κ1) is 11.2. The summed E-state index contributed by atoms with van der Waals surface area (Å²) in [5, 5.41) is 2.44. The van der Waals surface area contributed by atoms with Crippen molar-refractivity contribution in [2.45, 2.75) is 30.8 Å². The highest BCUT2D eigenvalue weighted by molar-refractivity contribution is 7.85. The Morgan fingerprint density at radius 1 is 1.55 bits per heavy atom. The highest BCUT2D eigenvalue weighted by Crippen LogP contribution is 2.07. The number of thiol groups is 2. The van der Waals surface area contributed by atoms with Crippen LogP contribution in [-0.4, -0.2) is 23.0 Å². The largest absolute Gasteiger partial charge is 0.355 e. The van der Waals surface area contributed by atoms with Crippen LogP contribution in [0.15, 0.2) is 0 Å². The van der Waals surface area contributed by atoms with E-state index in [-0.39, 0.29) is 16.4 Å². The van der Waals surface area contributed by atoms with Crippen LogP contribution >= 0.6 is 25.3 Å². The minimum absolute atomic E-state index is 0.00445. The van der Waals surface area contributed by atoms with E-state index >= 15 is 0 Å². The summed E-state index contributed by atoms with van der Waals surface area (Å²) < 4.78 is 0. The molecule has 0 radical (unpaired) electrons. The van der Waals surface area contributed by atoms with Gasteiger partial charge in [0.15, 0.2) is 0 Å². The van der Waals surface area contributed by atoms with E-state index in [1.165, 1.54) is 0 Å². The van der Waals surface area contributed by atoms with Crippen LogP contribution in [0.25, 0.3) is 0 Å². The fourth-order valence-electron chi connectivity index (χ4n) is 0.572. The Kier molecular flexibility index (Phi) is 5.86. The third-order valence-electron chi connectivity index (χ3n) is 1.27. The number of hydrogen-bond acceptors (Lipinski definition) is 3. The average Bonchev–Trinajstić information content (AvgIpc) is 1.98. The maximum atomic E-state index is 11.1. The Bertz CT molecular complexity index is 128. The van der Waals surface area contributed by atoms with Crippen molar-refractivity contribution in [3.05, 3.63) is 0 Å². The van der Waals surface area contributed by atoms with Gasteiger partial charge in [0.25, 0.3) is 0 Å². The van der Waals surface area contributed by atoms with Crippen LogP contribution in [0, 0.1) is 0 Å². The van der Waals surface area contributed by atoms with Crippen molar-refractivity contribution in [3.63, 3.8) is 0 Å². The number of hydrogen-bond donors (Lipinski definition) is 3. The number of nitrogens with one attached hydrogen (secondary N) is 1. The molecule has 4 heteroatoms. The van der Waals surface area contributed by atoms with Gasteiger partial charge in [-0.3, -0.25) is 4.79 Å². The molecule has 0 bridgehead atoms. The van der Waals surface area contributed by atoms with E-state index in [1.807, 2.05) is 13.8 Å². The van der Waals surface area contributed by atoms with E-state index in [1.54, 1.807) is 0 Å². The Morgan fingerprint density at radius 3 is 2.45 bits per heavy atom. The van der Waals surface area contributed by atoms with E-state index in [0.29, 0.717) is 0 Å². The fraction of sp³-hybridized carbons (Fsp3) is 0.857. The zero-order valence-electron chi connectivity index (χ0n) is 6.87. The molecule has 0 saturated heterocycles. The first-order valence-corrected chi connectivity index (χ1v) is 4.76. The van der Waals surface area contributed by atoms with Crippen LogP contribution in [0.3, 0.4) is 0 Å². The first-order chi connectivity index (χ1) is 5.09. The van der Waals surface area contributed by atoms with Gasteiger partial charge in [0.1, 0.15) is 0 Å². The van der Waals surface area contributed by atoms with Gasteiger partial charge in [0.05, 0.1) is 5.25 Å². The number of carbonyl (C=O) groups excluding carboxylic acids is 1. The van der Waals surface area contributed by atoms with E-state index < -0.39 is 0 Å². The van der Waals surface area contributed by atoms with Gasteiger partial charge in [0.2, 0.25) is 5.91 Å². The van der Waals surface area contributed by atoms with Crippen LogP contribution in [0.4, 0.5) is 0 Å². The van der Waals surface area contributed by atoms with Crippen LogP contribution in [0.2, 0.25) is 0 Å². The Hall–Kier alpha value is 0.170. The van der Waals surface area contributed by atoms with Crippen molar-refractivity contribution in [1.82, 2.24) is 5.32 Å². The van der Waals surface area contributed by atoms with Crippen molar-refractivity contribution in [1.29, 1.82) is 0 Å². The summed E-state index contributed by atoms with van der Waals surface area (Å²) in [6.07, 6.45) is 0.952. The normalized spacial score (nSPS) is 15.6. The summed E-state index contributed by atoms with van der Waals surface area (Å²) >= 11 is 8.22. The third-order valence-corrected chi connectivity index (χ3v) is 2.49. The minimum Gasteiger partial charge on any atom is -0.355 e. The van der Waals surface area contributed by atoms with Crippen molar-refractivity contribution >= 4 is 31.2 Å². The molecule has 0 aromatic rings. The van der Waals surface area contributed by atoms with Gasteiger partial charge in [-0.15, -0.1) is 0 Å². The quantitative estimate of drug-likeness (QED) is 0.574. The molecule has 66 valence electrons. The maximum absolute atomic E-state index is 11.1. The predicted molar refractivity (Wildman–Crippen MR) is 54.5 cm³/mol. The molecule has 0 aliphatic rings. The summed E-state index contributed by atoms with van der Waals surface area (Å²) in [5.41, 5.74) is 0. The first-order valence-electron chi connectivity index (χ1n) is 3.73. The molecule has 0 heterocycles. The lowest BCUT2D eigenvalue weighted by Gasteiger charge is -2.13. The lowest BCUT2D eigenvalue weighted by molar-refractivity contribution is -0.120. The Balaban J connectivity index is 3.64. The highest BCUT2D eigenvalue weighted by Gasteiger charge is 2.16. The summed E-state index contributed by atoms with van der Waals surface area (Å²) in [5.74, 6) is -0.0299. The Morgan fingerprint density at radius 2 is 2.09 bits per heavy atom. The highest BCUT2D eigenvalue weighted by atomic mass is 32.1. The second-order valence-electron chi connectivity index (χ2n) is 2.48. The van der Waals surface area contributed by atoms with Gasteiger partial charge in [-0.25, -0.2) is 0 Å². The molecule has 0 rings (SSSR count). The lowest BCUT2D eigenvalue weighted by Crippen LogP contribution is -2.35. The van der Waals surface area contributed by atoms with Crippen LogP contribution < -0.4 is 5.32 Å². The van der Waals surface area contributed by atoms with Gasteiger partial charge in [-0.05, 0) is 6.42 Å². The second kappa shape index (κ2) is 5.77. The van der Waals surface area contributed by atoms with E-state index in [4.69, 9.17) is 0 Å². The molecule has 0 aliphatic carbocycles. The van der Waals surface area contributed by atoms with Gasteiger partial charge in [-0.2, -0.15) is 25.3 Å². The van der Waals surface area contributed by atoms with Gasteiger partial charge in [0, 0.05) is 11.8 Å². The number of amides is 1. The lowest BCUT2D eigenvalue weighted by atomic mass is 10.3. The number of carbonyl (C=O) groups is 1. The van der Waals surface area contributed by atoms with Crippen molar-refractivity contribution < 1.29 is 4.79 Å². The molecule has 0 fully saturated rings. The maximum Gasteiger partial charge on any atom is 0.233 e. The molecule has 1 amide bonds. The molecule has 1 N–H and O–H groups in total. The second-order valence-corrected chi connectivity index (χ2v) is 3.85. The molecular formula is C7H15NOS2. The molecule has 2 nitrogen and oxygen atoms in total. The molecule has 0 aromatic carbocycles. The summed E-state index contributed by atoms with van der Waals surface area (Å²) in [6.45, 7) is 4.58. The van der Waals surface area contributed by atoms with E-state index in [2.05, 4.69) is 30.6 Å². The van der Waals surface area contributed by atoms with E-state index in [0.717, 1.165) is 13.0 Å². The molecular weight excluding hydrogens is 178 g/mol. The van der Waals surface area contributed by atoms with Crippen LogP contribution in [0.1, 0.15) is 20.3 Å². The van der Waals surface area contributed by atoms with Crippen molar-refractivity contribution in [3.8, 4) is 0 Å². The number of rotatable bonds is 4. The van der Waals surface area contributed by atoms with Crippen LogP contribution in [0.5, 0.6) is 0 Å². The van der Waals surface area contributed by atoms with Gasteiger partial charge in [-0.1, -0.05) is 13.8 Å². The molecule has 0 aliphatic heterocycles. The molecule has 0 aromatic heterocycles. The van der Waals surface area contributed by atoms with E-state index in [9.17, 15) is 4.79 Å². The van der Waals surface area contributed by atoms with Crippen molar-refractivity contribution in [2.75, 3.05) is 6.54 Å². The molecule has 0 saturated carbocycles. The fourth-order valence-corrected chi connectivity index (χ4v) is 0.799. The SMILES string of the molecule is CCCNC(=O)C(S)C(C)S. The monoisotopic (exact) mass is 193 g/mol. The molecule has 2 unspecified atom stereocenters. The zero-order chi connectivity index (χ0) is 8.85. The molecule has 2 atom stereocenters. The topological polar surface area (TPSA) is 29.1 Å². The predicted octanol–water partition coefficient (Wildman–Crippen LogP) is 1.13. The standard InChI is InChI=1S/C7H15NOS2/c1-3-4-8-7(9)6(11)5(2)10/h5-6,10-11H,3-4H2,1-2H3,(H,8,9). The van der Waals surface area contributed by atoms with Crippen LogP contribution in [-0.2, 0) is 4.79 Å². The summed E-state index contributed by atoms with van der Waals surface area (Å²) in [4.78, 5) is 11.1. The van der Waals surface area contributed by atoms with Gasteiger partial charge >= 0.3 is 0 Å². The van der Waals surface area contributed by atoms with Crippen molar-refractivity contribution in [2.24, 2.45) is 0 Å². The third kappa shape index (κ3) is 4.58. The molecule has 11 heavy (non-hydrogen) atoms. The minimum atomic E-state index is -0.301. The summed E-state index contributed by atoms with van der Waals surface area (Å²) in [7, 11) is 0. The smallest absolute Gasteiger partial charge is 0.233 e. The van der Waals surface area contributed by atoms with Gasteiger partial charge < -0.3 is 5.32 Å². The Labute approximate surface area is 79.0 Å². The zero-order valence-corrected chi connectivity index (χ0v) is 8.66.